The predicted molar refractivity (Wildman–Crippen MR) is 151 cm³/mol. The van der Waals surface area contributed by atoms with E-state index in [-0.39, 0.29) is 17.9 Å². The summed E-state index contributed by atoms with van der Waals surface area (Å²) in [6.07, 6.45) is 2.96. The van der Waals surface area contributed by atoms with Crippen LogP contribution in [0.25, 0.3) is 11.3 Å². The summed E-state index contributed by atoms with van der Waals surface area (Å²) in [6.45, 7) is 18.0. The van der Waals surface area contributed by atoms with Crippen LogP contribution in [0.1, 0.15) is 87.0 Å². The molecule has 0 spiro atoms. The van der Waals surface area contributed by atoms with Crippen LogP contribution in [0, 0.1) is 5.92 Å². The number of carbonyl (C=O) groups excluding carboxylic acids is 2. The maximum Gasteiger partial charge on any atom is 0.494 e. The van der Waals surface area contributed by atoms with Crippen LogP contribution in [-0.4, -0.2) is 63.4 Å². The van der Waals surface area contributed by atoms with Crippen LogP contribution in [0.3, 0.4) is 0 Å². The van der Waals surface area contributed by atoms with Gasteiger partial charge >= 0.3 is 13.2 Å². The summed E-state index contributed by atoms with van der Waals surface area (Å²) in [5, 5.41) is 2.79. The van der Waals surface area contributed by atoms with E-state index in [4.69, 9.17) is 19.0 Å². The highest BCUT2D eigenvalue weighted by molar-refractivity contribution is 6.62. The molecule has 2 aliphatic rings. The Morgan fingerprint density at radius 3 is 2.31 bits per heavy atom. The Morgan fingerprint density at radius 1 is 1.13 bits per heavy atom. The number of alkyl carbamates (subject to hydrolysis) is 1. The number of ether oxygens (including phenoxy) is 1. The van der Waals surface area contributed by atoms with Crippen molar-refractivity contribution in [1.29, 1.82) is 0 Å². The molecule has 0 radical (unpaired) electrons. The summed E-state index contributed by atoms with van der Waals surface area (Å²) in [7, 11) is -0.417. The molecule has 212 valence electrons. The molecule has 2 saturated heterocycles. The Balaban J connectivity index is 1.46. The monoisotopic (exact) mass is 538 g/mol. The van der Waals surface area contributed by atoms with Gasteiger partial charge in [0.05, 0.1) is 22.9 Å². The summed E-state index contributed by atoms with van der Waals surface area (Å²) < 4.78 is 17.7. The van der Waals surface area contributed by atoms with Crippen LogP contribution in [0.4, 0.5) is 4.79 Å². The Morgan fingerprint density at radius 2 is 1.74 bits per heavy atom. The summed E-state index contributed by atoms with van der Waals surface area (Å²) in [5.41, 5.74) is 1.29. The van der Waals surface area contributed by atoms with Gasteiger partial charge in [-0.05, 0) is 72.7 Å². The summed E-state index contributed by atoms with van der Waals surface area (Å²) in [5.74, 6) is 0.523. The van der Waals surface area contributed by atoms with Crippen LogP contribution in [-0.2, 0) is 18.8 Å². The zero-order valence-electron chi connectivity index (χ0n) is 24.8. The fraction of sp³-hybridized carbons (Fsp3) is 0.621. The number of likely N-dealkylation sites (tertiary alicyclic amines) is 1. The molecule has 0 aliphatic carbocycles. The number of imidazole rings is 1. The van der Waals surface area contributed by atoms with Gasteiger partial charge in [0.2, 0.25) is 5.91 Å². The normalized spacial score (nSPS) is 21.3. The number of hydrogen-bond donors (Lipinski definition) is 2. The van der Waals surface area contributed by atoms with Crippen molar-refractivity contribution in [3.63, 3.8) is 0 Å². The van der Waals surface area contributed by atoms with Crippen molar-refractivity contribution in [2.45, 2.75) is 104 Å². The number of nitrogens with one attached hydrogen (secondary N) is 2. The molecule has 2 fully saturated rings. The predicted octanol–water partition coefficient (Wildman–Crippen LogP) is 4.59. The molecule has 2 atom stereocenters. The number of H-pyrrole nitrogens is 1. The molecule has 0 saturated carbocycles. The molecule has 9 nitrogen and oxygen atoms in total. The van der Waals surface area contributed by atoms with Crippen LogP contribution in [0.2, 0.25) is 0 Å². The van der Waals surface area contributed by atoms with E-state index in [0.717, 1.165) is 35.4 Å². The first kappa shape index (κ1) is 29.1. The molecule has 2 aliphatic heterocycles. The second kappa shape index (κ2) is 10.6. The molecule has 2 N–H and O–H groups in total. The highest BCUT2D eigenvalue weighted by Crippen LogP contribution is 2.37. The van der Waals surface area contributed by atoms with Crippen molar-refractivity contribution in [2.75, 3.05) is 6.54 Å². The third-order valence-electron chi connectivity index (χ3n) is 7.79. The van der Waals surface area contributed by atoms with Crippen molar-refractivity contribution in [1.82, 2.24) is 20.2 Å². The lowest BCUT2D eigenvalue weighted by Gasteiger charge is -2.32. The summed E-state index contributed by atoms with van der Waals surface area (Å²) in [4.78, 5) is 36.0. The fourth-order valence-electron chi connectivity index (χ4n) is 4.89. The van der Waals surface area contributed by atoms with Gasteiger partial charge in [-0.3, -0.25) is 4.79 Å². The van der Waals surface area contributed by atoms with Gasteiger partial charge < -0.3 is 29.2 Å². The van der Waals surface area contributed by atoms with E-state index in [2.05, 4.69) is 10.3 Å². The van der Waals surface area contributed by atoms with E-state index in [1.165, 1.54) is 0 Å². The van der Waals surface area contributed by atoms with Gasteiger partial charge in [-0.1, -0.05) is 38.1 Å². The lowest BCUT2D eigenvalue weighted by atomic mass is 9.79. The van der Waals surface area contributed by atoms with Gasteiger partial charge in [0.15, 0.2) is 0 Å². The van der Waals surface area contributed by atoms with E-state index in [1.54, 1.807) is 20.8 Å². The Kier molecular flexibility index (Phi) is 7.93. The summed E-state index contributed by atoms with van der Waals surface area (Å²) >= 11 is 0. The van der Waals surface area contributed by atoms with Gasteiger partial charge in [-0.15, -0.1) is 0 Å². The van der Waals surface area contributed by atoms with E-state index in [0.29, 0.717) is 6.54 Å². The molecule has 2 amide bonds. The quantitative estimate of drug-likeness (QED) is 0.522. The Labute approximate surface area is 232 Å². The molecular formula is C29H43BN4O5. The van der Waals surface area contributed by atoms with Gasteiger partial charge in [-0.25, -0.2) is 9.78 Å². The number of rotatable bonds is 6. The van der Waals surface area contributed by atoms with Gasteiger partial charge in [0, 0.05) is 18.3 Å². The van der Waals surface area contributed by atoms with E-state index < -0.39 is 36.1 Å². The number of benzene rings is 1. The molecule has 0 bridgehead atoms. The molecule has 3 heterocycles. The van der Waals surface area contributed by atoms with Crippen molar-refractivity contribution in [3.8, 4) is 11.3 Å². The molecule has 10 heteroatoms. The highest BCUT2D eigenvalue weighted by atomic mass is 16.7. The third kappa shape index (κ3) is 6.33. The second-order valence-corrected chi connectivity index (χ2v) is 12.9. The van der Waals surface area contributed by atoms with E-state index in [9.17, 15) is 9.59 Å². The molecule has 1 aromatic heterocycles. The zero-order chi connectivity index (χ0) is 28.8. The number of aromatic amines is 1. The summed E-state index contributed by atoms with van der Waals surface area (Å²) in [6, 6.07) is 7.17. The Bertz CT molecular complexity index is 1170. The lowest BCUT2D eigenvalue weighted by Crippen LogP contribution is -2.52. The fourth-order valence-corrected chi connectivity index (χ4v) is 4.89. The zero-order valence-corrected chi connectivity index (χ0v) is 24.8. The second-order valence-electron chi connectivity index (χ2n) is 12.9. The number of aromatic nitrogens is 2. The first-order valence-corrected chi connectivity index (χ1v) is 13.9. The maximum absolute atomic E-state index is 13.6. The number of amides is 2. The smallest absolute Gasteiger partial charge is 0.444 e. The highest BCUT2D eigenvalue weighted by Gasteiger charge is 2.51. The molecular weight excluding hydrogens is 495 g/mol. The minimum Gasteiger partial charge on any atom is -0.444 e. The van der Waals surface area contributed by atoms with Crippen LogP contribution >= 0.6 is 0 Å². The van der Waals surface area contributed by atoms with Gasteiger partial charge in [0.25, 0.3) is 0 Å². The Hall–Kier alpha value is -2.85. The minimum absolute atomic E-state index is 0.0964. The first-order valence-electron chi connectivity index (χ1n) is 13.9. The van der Waals surface area contributed by atoms with Crippen molar-refractivity contribution in [2.24, 2.45) is 5.92 Å². The molecule has 1 aromatic carbocycles. The molecule has 0 unspecified atom stereocenters. The van der Waals surface area contributed by atoms with Gasteiger partial charge in [-0.2, -0.15) is 0 Å². The standard InChI is InChI=1S/C29H43BN4O5/c1-18(2)23(33-26(36)37-27(3,4)5)25(35)34-16-10-11-22(34)24-31-17-21(32-24)19-12-14-20(15-13-19)30-38-28(6,7)29(8,9)39-30/h12-15,17-18,22-23H,10-11,16H2,1-9H3,(H,31,32)(H,33,36)/t22-,23-/m0/s1. The van der Waals surface area contributed by atoms with Gasteiger partial charge in [0.1, 0.15) is 17.5 Å². The van der Waals surface area contributed by atoms with Crippen LogP contribution in [0.5, 0.6) is 0 Å². The SMILES string of the molecule is CC(C)[C@H](NC(=O)OC(C)(C)C)C(=O)N1CCC[C@H]1c1nc(-c2ccc(B3OC(C)(C)C(C)(C)O3)cc2)c[nH]1. The topological polar surface area (TPSA) is 106 Å². The number of hydrogen-bond acceptors (Lipinski definition) is 6. The average molecular weight is 538 g/mol. The lowest BCUT2D eigenvalue weighted by molar-refractivity contribution is -0.135. The minimum atomic E-state index is -0.683. The van der Waals surface area contributed by atoms with E-state index in [1.807, 2.05) is 76.9 Å². The third-order valence-corrected chi connectivity index (χ3v) is 7.79. The van der Waals surface area contributed by atoms with Crippen molar-refractivity contribution >= 4 is 24.6 Å². The van der Waals surface area contributed by atoms with Crippen molar-refractivity contribution < 1.29 is 23.6 Å². The first-order chi connectivity index (χ1) is 18.1. The average Bonchev–Trinajstić information content (AvgIpc) is 3.53. The molecule has 4 rings (SSSR count). The molecule has 39 heavy (non-hydrogen) atoms. The van der Waals surface area contributed by atoms with Crippen molar-refractivity contribution in [3.05, 3.63) is 36.3 Å². The number of carbonyl (C=O) groups is 2. The number of nitrogens with zero attached hydrogens (tertiary/aromatic N) is 2. The van der Waals surface area contributed by atoms with E-state index >= 15 is 0 Å². The van der Waals surface area contributed by atoms with Crippen LogP contribution in [0.15, 0.2) is 30.5 Å². The largest absolute Gasteiger partial charge is 0.494 e. The molecule has 2 aromatic rings. The van der Waals surface area contributed by atoms with Crippen LogP contribution < -0.4 is 10.8 Å². The maximum atomic E-state index is 13.6.